The Morgan fingerprint density at radius 1 is 0.958 bits per heavy atom. The van der Waals surface area contributed by atoms with Crippen LogP contribution >= 0.6 is 0 Å². The highest BCUT2D eigenvalue weighted by atomic mass is 16.5. The van der Waals surface area contributed by atoms with Gasteiger partial charge in [-0.3, -0.25) is 4.98 Å². The second-order valence-electron chi connectivity index (χ2n) is 5.91. The molecule has 0 aliphatic heterocycles. The Kier molecular flexibility index (Phi) is 5.12. The van der Waals surface area contributed by atoms with Crippen LogP contribution in [0.4, 0.5) is 5.69 Å². The van der Waals surface area contributed by atoms with Crippen molar-refractivity contribution in [3.63, 3.8) is 0 Å². The maximum atomic E-state index is 5.97. The molecule has 0 aliphatic rings. The van der Waals surface area contributed by atoms with Crippen molar-refractivity contribution in [3.8, 4) is 5.75 Å². The molecule has 0 fully saturated rings. The SMILES string of the molecule is Cc1ccc(NCc2ccccc2OCc2cccnc2)cc1C. The third-order valence-corrected chi connectivity index (χ3v) is 4.08. The summed E-state index contributed by atoms with van der Waals surface area (Å²) < 4.78 is 5.97. The summed E-state index contributed by atoms with van der Waals surface area (Å²) in [6, 6.07) is 18.5. The van der Waals surface area contributed by atoms with Gasteiger partial charge in [0, 0.05) is 35.8 Å². The minimum absolute atomic E-state index is 0.522. The van der Waals surface area contributed by atoms with E-state index >= 15 is 0 Å². The number of hydrogen-bond donors (Lipinski definition) is 1. The van der Waals surface area contributed by atoms with Crippen molar-refractivity contribution in [1.29, 1.82) is 0 Å². The molecule has 1 heterocycles. The van der Waals surface area contributed by atoms with Gasteiger partial charge in [0.05, 0.1) is 0 Å². The Morgan fingerprint density at radius 3 is 2.62 bits per heavy atom. The minimum Gasteiger partial charge on any atom is -0.488 e. The zero-order valence-corrected chi connectivity index (χ0v) is 14.1. The van der Waals surface area contributed by atoms with E-state index in [0.717, 1.165) is 29.1 Å². The van der Waals surface area contributed by atoms with E-state index in [9.17, 15) is 0 Å². The number of pyridine rings is 1. The van der Waals surface area contributed by atoms with Gasteiger partial charge in [0.15, 0.2) is 0 Å². The average Bonchev–Trinajstić information content (AvgIpc) is 2.62. The molecule has 3 nitrogen and oxygen atoms in total. The maximum Gasteiger partial charge on any atom is 0.124 e. The molecule has 24 heavy (non-hydrogen) atoms. The van der Waals surface area contributed by atoms with Gasteiger partial charge in [0.2, 0.25) is 0 Å². The number of hydrogen-bond acceptors (Lipinski definition) is 3. The first-order valence-corrected chi connectivity index (χ1v) is 8.13. The largest absolute Gasteiger partial charge is 0.488 e. The first kappa shape index (κ1) is 16.1. The fourth-order valence-corrected chi connectivity index (χ4v) is 2.48. The van der Waals surface area contributed by atoms with Gasteiger partial charge < -0.3 is 10.1 Å². The minimum atomic E-state index is 0.522. The number of aromatic nitrogens is 1. The number of benzene rings is 2. The van der Waals surface area contributed by atoms with Gasteiger partial charge in [0.25, 0.3) is 0 Å². The molecule has 0 aliphatic carbocycles. The Hall–Kier alpha value is -2.81. The Morgan fingerprint density at radius 2 is 1.83 bits per heavy atom. The number of aryl methyl sites for hydroxylation is 2. The third-order valence-electron chi connectivity index (χ3n) is 4.08. The van der Waals surface area contributed by atoms with Crippen molar-refractivity contribution in [3.05, 3.63) is 89.2 Å². The van der Waals surface area contributed by atoms with Gasteiger partial charge >= 0.3 is 0 Å². The molecule has 0 saturated carbocycles. The lowest BCUT2D eigenvalue weighted by molar-refractivity contribution is 0.303. The number of ether oxygens (including phenoxy) is 1. The van der Waals surface area contributed by atoms with E-state index in [1.165, 1.54) is 11.1 Å². The molecule has 0 saturated heterocycles. The molecule has 3 aromatic rings. The highest BCUT2D eigenvalue weighted by Gasteiger charge is 2.04. The zero-order chi connectivity index (χ0) is 16.8. The van der Waals surface area contributed by atoms with E-state index in [4.69, 9.17) is 4.74 Å². The van der Waals surface area contributed by atoms with Crippen molar-refractivity contribution in [2.75, 3.05) is 5.32 Å². The number of rotatable bonds is 6. The van der Waals surface area contributed by atoms with Gasteiger partial charge in [-0.1, -0.05) is 30.3 Å². The molecule has 2 aromatic carbocycles. The summed E-state index contributed by atoms with van der Waals surface area (Å²) >= 11 is 0. The Labute approximate surface area is 143 Å². The third kappa shape index (κ3) is 4.13. The van der Waals surface area contributed by atoms with E-state index in [1.807, 2.05) is 36.5 Å². The summed E-state index contributed by atoms with van der Waals surface area (Å²) in [4.78, 5) is 4.12. The van der Waals surface area contributed by atoms with Crippen LogP contribution in [0.2, 0.25) is 0 Å². The van der Waals surface area contributed by atoms with Crippen LogP contribution in [0.15, 0.2) is 67.0 Å². The lowest BCUT2D eigenvalue weighted by Gasteiger charge is -2.13. The molecule has 1 N–H and O–H groups in total. The van der Waals surface area contributed by atoms with Crippen LogP contribution in [0, 0.1) is 13.8 Å². The summed E-state index contributed by atoms with van der Waals surface area (Å²) in [7, 11) is 0. The molecule has 3 heteroatoms. The number of nitrogens with one attached hydrogen (secondary N) is 1. The topological polar surface area (TPSA) is 34.1 Å². The number of para-hydroxylation sites is 1. The fraction of sp³-hybridized carbons (Fsp3) is 0.190. The second-order valence-corrected chi connectivity index (χ2v) is 5.91. The molecule has 122 valence electrons. The average molecular weight is 318 g/mol. The summed E-state index contributed by atoms with van der Waals surface area (Å²) in [6.45, 7) is 5.51. The van der Waals surface area contributed by atoms with Gasteiger partial charge in [-0.2, -0.15) is 0 Å². The predicted molar refractivity (Wildman–Crippen MR) is 98.3 cm³/mol. The van der Waals surface area contributed by atoms with E-state index in [-0.39, 0.29) is 0 Å². The van der Waals surface area contributed by atoms with Crippen molar-refractivity contribution in [2.45, 2.75) is 27.0 Å². The van der Waals surface area contributed by atoms with Crippen LogP contribution in [-0.4, -0.2) is 4.98 Å². The zero-order valence-electron chi connectivity index (χ0n) is 14.1. The first-order valence-electron chi connectivity index (χ1n) is 8.13. The lowest BCUT2D eigenvalue weighted by atomic mass is 10.1. The van der Waals surface area contributed by atoms with E-state index in [0.29, 0.717) is 6.61 Å². The lowest BCUT2D eigenvalue weighted by Crippen LogP contribution is -2.04. The quantitative estimate of drug-likeness (QED) is 0.702. The summed E-state index contributed by atoms with van der Waals surface area (Å²) in [5, 5.41) is 3.48. The second kappa shape index (κ2) is 7.64. The molecule has 0 atom stereocenters. The molecule has 0 radical (unpaired) electrons. The van der Waals surface area contributed by atoms with Gasteiger partial charge in [-0.05, 0) is 49.2 Å². The molecule has 1 aromatic heterocycles. The molecule has 0 unspecified atom stereocenters. The maximum absolute atomic E-state index is 5.97. The van der Waals surface area contributed by atoms with Crippen LogP contribution < -0.4 is 10.1 Å². The van der Waals surface area contributed by atoms with Gasteiger partial charge in [-0.25, -0.2) is 0 Å². The highest BCUT2D eigenvalue weighted by Crippen LogP contribution is 2.21. The summed E-state index contributed by atoms with van der Waals surface area (Å²) in [5.41, 5.74) is 5.93. The Balaban J connectivity index is 1.66. The first-order chi connectivity index (χ1) is 11.7. The summed E-state index contributed by atoms with van der Waals surface area (Å²) in [6.07, 6.45) is 3.60. The standard InChI is InChI=1S/C21H22N2O/c1-16-9-10-20(12-17(16)2)23-14-19-7-3-4-8-21(19)24-15-18-6-5-11-22-13-18/h3-13,23H,14-15H2,1-2H3. The van der Waals surface area contributed by atoms with Crippen LogP contribution in [0.5, 0.6) is 5.75 Å². The van der Waals surface area contributed by atoms with Crippen LogP contribution in [0.25, 0.3) is 0 Å². The van der Waals surface area contributed by atoms with Crippen molar-refractivity contribution in [1.82, 2.24) is 4.98 Å². The van der Waals surface area contributed by atoms with Crippen molar-refractivity contribution in [2.24, 2.45) is 0 Å². The van der Waals surface area contributed by atoms with Crippen LogP contribution in [0.3, 0.4) is 0 Å². The molecular formula is C21H22N2O. The number of anilines is 1. The molecule has 0 spiro atoms. The summed E-state index contributed by atoms with van der Waals surface area (Å²) in [5.74, 6) is 0.901. The van der Waals surface area contributed by atoms with E-state index in [1.54, 1.807) is 6.20 Å². The molecule has 3 rings (SSSR count). The van der Waals surface area contributed by atoms with Crippen molar-refractivity contribution < 1.29 is 4.74 Å². The normalized spacial score (nSPS) is 10.4. The predicted octanol–water partition coefficient (Wildman–Crippen LogP) is 4.89. The van der Waals surface area contributed by atoms with Gasteiger partial charge in [0.1, 0.15) is 12.4 Å². The smallest absolute Gasteiger partial charge is 0.124 e. The molecular weight excluding hydrogens is 296 g/mol. The monoisotopic (exact) mass is 318 g/mol. The van der Waals surface area contributed by atoms with E-state index < -0.39 is 0 Å². The fourth-order valence-electron chi connectivity index (χ4n) is 2.48. The van der Waals surface area contributed by atoms with Gasteiger partial charge in [-0.15, -0.1) is 0 Å². The van der Waals surface area contributed by atoms with Crippen LogP contribution in [0.1, 0.15) is 22.3 Å². The Bertz CT molecular complexity index is 800. The molecule has 0 amide bonds. The van der Waals surface area contributed by atoms with Crippen molar-refractivity contribution >= 4 is 5.69 Å². The number of nitrogens with zero attached hydrogens (tertiary/aromatic N) is 1. The molecule has 0 bridgehead atoms. The van der Waals surface area contributed by atoms with Crippen LogP contribution in [-0.2, 0) is 13.2 Å². The highest BCUT2D eigenvalue weighted by molar-refractivity contribution is 5.49. The van der Waals surface area contributed by atoms with E-state index in [2.05, 4.69) is 48.4 Å².